The molecule has 0 atom stereocenters. The zero-order valence-corrected chi connectivity index (χ0v) is 12.9. The molecule has 0 spiro atoms. The van der Waals surface area contributed by atoms with Crippen molar-refractivity contribution in [2.45, 2.75) is 13.8 Å². The first kappa shape index (κ1) is 15.4. The minimum Gasteiger partial charge on any atom is -0.496 e. The Bertz CT molecular complexity index is 634. The van der Waals surface area contributed by atoms with E-state index in [1.54, 1.807) is 0 Å². The Morgan fingerprint density at radius 3 is 2.52 bits per heavy atom. The van der Waals surface area contributed by atoms with Gasteiger partial charge in [-0.25, -0.2) is 4.39 Å². The Balaban J connectivity index is 2.56. The third-order valence-electron chi connectivity index (χ3n) is 3.05. The lowest BCUT2D eigenvalue weighted by Crippen LogP contribution is -2.24. The second-order valence-corrected chi connectivity index (χ2v) is 4.58. The Kier molecular flexibility index (Phi) is 4.90. The van der Waals surface area contributed by atoms with Gasteiger partial charge >= 0.3 is 0 Å². The molecule has 0 N–H and O–H groups in total. The van der Waals surface area contributed by atoms with E-state index in [4.69, 9.17) is 16.3 Å². The van der Waals surface area contributed by atoms with E-state index < -0.39 is 5.82 Å². The molecular weight excluding hydrogens is 295 g/mol. The third-order valence-corrected chi connectivity index (χ3v) is 3.21. The predicted octanol–water partition coefficient (Wildman–Crippen LogP) is 3.19. The molecule has 2 aromatic rings. The van der Waals surface area contributed by atoms with Crippen LogP contribution < -0.4 is 9.64 Å². The SMILES string of the molecule is CCN(CC)c1nc(Cl)nc(-c2cc(F)ccc2OC)n1. The molecule has 7 heteroatoms. The summed E-state index contributed by atoms with van der Waals surface area (Å²) in [5, 5.41) is 0.0632. The van der Waals surface area contributed by atoms with E-state index in [1.807, 2.05) is 18.7 Å². The van der Waals surface area contributed by atoms with Crippen LogP contribution in [0.4, 0.5) is 10.3 Å². The molecule has 0 saturated heterocycles. The van der Waals surface area contributed by atoms with Crippen LogP contribution in [0, 0.1) is 5.82 Å². The quantitative estimate of drug-likeness (QED) is 0.849. The number of benzene rings is 1. The van der Waals surface area contributed by atoms with Crippen LogP contribution >= 0.6 is 11.6 Å². The molecule has 0 aliphatic carbocycles. The molecule has 21 heavy (non-hydrogen) atoms. The molecule has 1 aromatic heterocycles. The van der Waals surface area contributed by atoms with Gasteiger partial charge < -0.3 is 9.64 Å². The molecule has 2 rings (SSSR count). The van der Waals surface area contributed by atoms with Crippen LogP contribution in [0.25, 0.3) is 11.4 Å². The molecular formula is C14H16ClFN4O. The molecule has 0 radical (unpaired) electrons. The molecule has 5 nitrogen and oxygen atoms in total. The van der Waals surface area contributed by atoms with Crippen molar-refractivity contribution in [3.63, 3.8) is 0 Å². The number of nitrogens with zero attached hydrogens (tertiary/aromatic N) is 4. The fourth-order valence-corrected chi connectivity index (χ4v) is 2.12. The molecule has 0 saturated carbocycles. The Labute approximate surface area is 127 Å². The number of hydrogen-bond donors (Lipinski definition) is 0. The van der Waals surface area contributed by atoms with Gasteiger partial charge in [0.1, 0.15) is 11.6 Å². The molecule has 112 valence electrons. The molecule has 0 amide bonds. The van der Waals surface area contributed by atoms with Crippen molar-refractivity contribution in [3.8, 4) is 17.1 Å². The van der Waals surface area contributed by atoms with Gasteiger partial charge in [0.05, 0.1) is 12.7 Å². The van der Waals surface area contributed by atoms with Crippen LogP contribution in [0.2, 0.25) is 5.28 Å². The molecule has 1 heterocycles. The number of halogens is 2. The van der Waals surface area contributed by atoms with Crippen LogP contribution in [0.5, 0.6) is 5.75 Å². The zero-order valence-electron chi connectivity index (χ0n) is 12.1. The standard InChI is InChI=1S/C14H16ClFN4O/c1-4-20(5-2)14-18-12(17-13(15)19-14)10-8-9(16)6-7-11(10)21-3/h6-8H,4-5H2,1-3H3. The highest BCUT2D eigenvalue weighted by Gasteiger charge is 2.15. The summed E-state index contributed by atoms with van der Waals surface area (Å²) in [6, 6.07) is 4.16. The van der Waals surface area contributed by atoms with Crippen molar-refractivity contribution >= 4 is 17.5 Å². The van der Waals surface area contributed by atoms with Crippen LogP contribution in [0.15, 0.2) is 18.2 Å². The Morgan fingerprint density at radius 2 is 1.90 bits per heavy atom. The summed E-state index contributed by atoms with van der Waals surface area (Å²) in [7, 11) is 1.50. The second-order valence-electron chi connectivity index (χ2n) is 4.24. The first-order valence-corrected chi connectivity index (χ1v) is 6.97. The number of rotatable bonds is 5. The first-order valence-electron chi connectivity index (χ1n) is 6.59. The van der Waals surface area contributed by atoms with Crippen molar-refractivity contribution in [1.29, 1.82) is 0 Å². The van der Waals surface area contributed by atoms with E-state index in [0.29, 0.717) is 17.3 Å². The number of hydrogen-bond acceptors (Lipinski definition) is 5. The van der Waals surface area contributed by atoms with Crippen LogP contribution in [0.3, 0.4) is 0 Å². The van der Waals surface area contributed by atoms with Crippen molar-refractivity contribution in [1.82, 2.24) is 15.0 Å². The van der Waals surface area contributed by atoms with E-state index in [0.717, 1.165) is 13.1 Å². The zero-order chi connectivity index (χ0) is 15.4. The highest BCUT2D eigenvalue weighted by molar-refractivity contribution is 6.28. The largest absolute Gasteiger partial charge is 0.496 e. The van der Waals surface area contributed by atoms with Gasteiger partial charge in [0, 0.05) is 13.1 Å². The van der Waals surface area contributed by atoms with E-state index >= 15 is 0 Å². The molecule has 1 aromatic carbocycles. The molecule has 0 bridgehead atoms. The van der Waals surface area contributed by atoms with Crippen molar-refractivity contribution in [3.05, 3.63) is 29.3 Å². The van der Waals surface area contributed by atoms with E-state index in [9.17, 15) is 4.39 Å². The monoisotopic (exact) mass is 310 g/mol. The topological polar surface area (TPSA) is 51.1 Å². The number of anilines is 1. The van der Waals surface area contributed by atoms with Gasteiger partial charge in [-0.3, -0.25) is 0 Å². The fourth-order valence-electron chi connectivity index (χ4n) is 1.96. The molecule has 0 aliphatic rings. The summed E-state index contributed by atoms with van der Waals surface area (Å²) in [6.07, 6.45) is 0. The molecule has 0 fully saturated rings. The van der Waals surface area contributed by atoms with Crippen LogP contribution in [-0.2, 0) is 0 Å². The second kappa shape index (κ2) is 6.67. The van der Waals surface area contributed by atoms with Crippen LogP contribution in [0.1, 0.15) is 13.8 Å². The van der Waals surface area contributed by atoms with Crippen molar-refractivity contribution in [2.24, 2.45) is 0 Å². The summed E-state index contributed by atoms with van der Waals surface area (Å²) < 4.78 is 18.7. The maximum absolute atomic E-state index is 13.5. The van der Waals surface area contributed by atoms with Gasteiger partial charge in [0.25, 0.3) is 0 Å². The summed E-state index contributed by atoms with van der Waals surface area (Å²) in [4.78, 5) is 14.5. The summed E-state index contributed by atoms with van der Waals surface area (Å²) in [5.41, 5.74) is 0.440. The van der Waals surface area contributed by atoms with Gasteiger partial charge in [0.15, 0.2) is 5.82 Å². The summed E-state index contributed by atoms with van der Waals surface area (Å²) in [6.45, 7) is 5.44. The average Bonchev–Trinajstić information content (AvgIpc) is 2.48. The van der Waals surface area contributed by atoms with Gasteiger partial charge in [-0.05, 0) is 43.6 Å². The van der Waals surface area contributed by atoms with Gasteiger partial charge in [-0.1, -0.05) is 0 Å². The highest BCUT2D eigenvalue weighted by Crippen LogP contribution is 2.29. The maximum atomic E-state index is 13.5. The normalized spacial score (nSPS) is 10.5. The lowest BCUT2D eigenvalue weighted by atomic mass is 10.2. The van der Waals surface area contributed by atoms with Gasteiger partial charge in [-0.2, -0.15) is 15.0 Å². The minimum absolute atomic E-state index is 0.0632. The predicted molar refractivity (Wildman–Crippen MR) is 80.3 cm³/mol. The lowest BCUT2D eigenvalue weighted by Gasteiger charge is -2.19. The first-order chi connectivity index (χ1) is 10.1. The van der Waals surface area contributed by atoms with E-state index in [-0.39, 0.29) is 11.1 Å². The summed E-state index contributed by atoms with van der Waals surface area (Å²) >= 11 is 5.97. The Hall–Kier alpha value is -1.95. The van der Waals surface area contributed by atoms with E-state index in [1.165, 1.54) is 25.3 Å². The average molecular weight is 311 g/mol. The maximum Gasteiger partial charge on any atom is 0.230 e. The van der Waals surface area contributed by atoms with Crippen molar-refractivity contribution in [2.75, 3.05) is 25.1 Å². The minimum atomic E-state index is -0.397. The van der Waals surface area contributed by atoms with Crippen molar-refractivity contribution < 1.29 is 9.13 Å². The smallest absolute Gasteiger partial charge is 0.230 e. The van der Waals surface area contributed by atoms with E-state index in [2.05, 4.69) is 15.0 Å². The summed E-state index contributed by atoms with van der Waals surface area (Å²) in [5.74, 6) is 0.824. The highest BCUT2D eigenvalue weighted by atomic mass is 35.5. The van der Waals surface area contributed by atoms with Crippen LogP contribution in [-0.4, -0.2) is 35.2 Å². The number of aromatic nitrogens is 3. The molecule has 0 aliphatic heterocycles. The molecule has 0 unspecified atom stereocenters. The Morgan fingerprint density at radius 1 is 1.19 bits per heavy atom. The van der Waals surface area contributed by atoms with Gasteiger partial charge in [0.2, 0.25) is 11.2 Å². The fraction of sp³-hybridized carbons (Fsp3) is 0.357. The number of ether oxygens (including phenoxy) is 1. The third kappa shape index (κ3) is 3.39. The van der Waals surface area contributed by atoms with Gasteiger partial charge in [-0.15, -0.1) is 0 Å². The lowest BCUT2D eigenvalue weighted by molar-refractivity contribution is 0.415. The number of methoxy groups -OCH3 is 1.